The molecule has 0 bridgehead atoms. The Bertz CT molecular complexity index is 509. The van der Waals surface area contributed by atoms with E-state index in [0.717, 1.165) is 5.52 Å². The lowest BCUT2D eigenvalue weighted by molar-refractivity contribution is -0.138. The minimum absolute atomic E-state index is 0.149. The molecule has 18 heavy (non-hydrogen) atoms. The van der Waals surface area contributed by atoms with E-state index in [1.165, 1.54) is 6.07 Å². The molecule has 0 amide bonds. The summed E-state index contributed by atoms with van der Waals surface area (Å²) in [6.07, 6.45) is -2.64. The number of rotatable bonds is 1. The second-order valence-corrected chi connectivity index (χ2v) is 4.16. The first kappa shape index (κ1) is 14.6. The van der Waals surface area contributed by atoms with Crippen LogP contribution in [-0.2, 0) is 6.18 Å². The van der Waals surface area contributed by atoms with Crippen molar-refractivity contribution in [2.75, 3.05) is 0 Å². The Kier molecular flexibility index (Phi) is 4.43. The number of fused-ring (bicyclic) bond motifs is 1. The summed E-state index contributed by atoms with van der Waals surface area (Å²) in [6.45, 7) is 7.53. The summed E-state index contributed by atoms with van der Waals surface area (Å²) >= 11 is 0. The molecule has 0 fully saturated rings. The molecule has 0 radical (unpaired) electrons. The molecular formula is C14H18F3N. The zero-order valence-electron chi connectivity index (χ0n) is 11.0. The number of hydrogen-bond acceptors (Lipinski definition) is 0. The first-order valence-corrected chi connectivity index (χ1v) is 6.08. The number of nitrogens with one attached hydrogen (secondary N) is 1. The molecule has 0 saturated carbocycles. The van der Waals surface area contributed by atoms with Crippen LogP contribution in [0.4, 0.5) is 13.2 Å². The number of aromatic amines is 1. The summed E-state index contributed by atoms with van der Waals surface area (Å²) in [5, 5.41) is 0.594. The van der Waals surface area contributed by atoms with Crippen molar-refractivity contribution in [1.82, 2.24) is 4.98 Å². The van der Waals surface area contributed by atoms with Crippen molar-refractivity contribution in [3.8, 4) is 0 Å². The summed E-state index contributed by atoms with van der Waals surface area (Å²) in [5.41, 5.74) is 0.550. The maximum absolute atomic E-state index is 12.8. The standard InChI is InChI=1S/C12H12F3N.C2H6/c1-7(2)9-6-11-8(3-4-16-11)5-10(9)12(13,14)15;1-2/h3-7,16H,1-2H3;1-2H3. The molecule has 0 aliphatic carbocycles. The summed E-state index contributed by atoms with van der Waals surface area (Å²) in [7, 11) is 0. The van der Waals surface area contributed by atoms with Crippen LogP contribution in [0.1, 0.15) is 44.7 Å². The minimum Gasteiger partial charge on any atom is -0.361 e. The fourth-order valence-corrected chi connectivity index (χ4v) is 1.84. The van der Waals surface area contributed by atoms with Crippen LogP contribution in [0.15, 0.2) is 24.4 Å². The van der Waals surface area contributed by atoms with Gasteiger partial charge in [0.2, 0.25) is 0 Å². The van der Waals surface area contributed by atoms with E-state index in [-0.39, 0.29) is 5.92 Å². The predicted octanol–water partition coefficient (Wildman–Crippen LogP) is 5.34. The summed E-state index contributed by atoms with van der Waals surface area (Å²) < 4.78 is 38.5. The third kappa shape index (κ3) is 2.86. The molecule has 100 valence electrons. The number of aromatic nitrogens is 1. The Morgan fingerprint density at radius 3 is 2.22 bits per heavy atom. The average molecular weight is 257 g/mol. The molecule has 1 nitrogen and oxygen atoms in total. The Morgan fingerprint density at radius 1 is 1.11 bits per heavy atom. The van der Waals surface area contributed by atoms with Gasteiger partial charge in [0.25, 0.3) is 0 Å². The number of alkyl halides is 3. The number of benzene rings is 1. The third-order valence-electron chi connectivity index (χ3n) is 2.65. The first-order valence-electron chi connectivity index (χ1n) is 6.08. The van der Waals surface area contributed by atoms with Crippen LogP contribution in [0.2, 0.25) is 0 Å². The number of H-pyrrole nitrogens is 1. The van der Waals surface area contributed by atoms with Crippen molar-refractivity contribution in [3.05, 3.63) is 35.5 Å². The van der Waals surface area contributed by atoms with Crippen LogP contribution in [0.3, 0.4) is 0 Å². The summed E-state index contributed by atoms with van der Waals surface area (Å²) in [6, 6.07) is 4.44. The zero-order valence-corrected chi connectivity index (χ0v) is 11.0. The molecular weight excluding hydrogens is 239 g/mol. The van der Waals surface area contributed by atoms with Gasteiger partial charge in [0.05, 0.1) is 5.56 Å². The van der Waals surface area contributed by atoms with E-state index in [1.807, 2.05) is 13.8 Å². The topological polar surface area (TPSA) is 15.8 Å². The lowest BCUT2D eigenvalue weighted by Gasteiger charge is -2.15. The van der Waals surface area contributed by atoms with Gasteiger partial charge in [-0.3, -0.25) is 0 Å². The van der Waals surface area contributed by atoms with Gasteiger partial charge < -0.3 is 4.98 Å². The Labute approximate surface area is 105 Å². The highest BCUT2D eigenvalue weighted by Crippen LogP contribution is 2.37. The monoisotopic (exact) mass is 257 g/mol. The normalized spacial score (nSPS) is 11.6. The molecule has 2 rings (SSSR count). The second-order valence-electron chi connectivity index (χ2n) is 4.16. The third-order valence-corrected chi connectivity index (χ3v) is 2.65. The van der Waals surface area contributed by atoms with Crippen molar-refractivity contribution >= 4 is 10.9 Å². The molecule has 0 saturated heterocycles. The fraction of sp³-hybridized carbons (Fsp3) is 0.429. The molecule has 1 aromatic heterocycles. The Balaban J connectivity index is 0.000000771. The van der Waals surface area contributed by atoms with E-state index in [4.69, 9.17) is 0 Å². The molecule has 2 aromatic rings. The quantitative estimate of drug-likeness (QED) is 0.710. The van der Waals surface area contributed by atoms with E-state index < -0.39 is 11.7 Å². The van der Waals surface area contributed by atoms with Crippen molar-refractivity contribution in [2.45, 2.75) is 39.8 Å². The highest BCUT2D eigenvalue weighted by Gasteiger charge is 2.34. The van der Waals surface area contributed by atoms with Gasteiger partial charge in [0.1, 0.15) is 0 Å². The van der Waals surface area contributed by atoms with Crippen molar-refractivity contribution in [3.63, 3.8) is 0 Å². The van der Waals surface area contributed by atoms with Gasteiger partial charge in [-0.25, -0.2) is 0 Å². The second kappa shape index (κ2) is 5.46. The number of halogens is 3. The average Bonchev–Trinajstić information content (AvgIpc) is 2.75. The van der Waals surface area contributed by atoms with E-state index >= 15 is 0 Å². The highest BCUT2D eigenvalue weighted by molar-refractivity contribution is 5.81. The van der Waals surface area contributed by atoms with E-state index in [0.29, 0.717) is 10.9 Å². The smallest absolute Gasteiger partial charge is 0.361 e. The van der Waals surface area contributed by atoms with Crippen LogP contribution in [0.5, 0.6) is 0 Å². The molecule has 1 heterocycles. The Morgan fingerprint density at radius 2 is 1.72 bits per heavy atom. The van der Waals surface area contributed by atoms with E-state index in [9.17, 15) is 13.2 Å². The molecule has 0 spiro atoms. The molecule has 1 aromatic carbocycles. The van der Waals surface area contributed by atoms with Crippen molar-refractivity contribution < 1.29 is 13.2 Å². The zero-order chi connectivity index (χ0) is 13.9. The summed E-state index contributed by atoms with van der Waals surface area (Å²) in [4.78, 5) is 2.93. The minimum atomic E-state index is -4.29. The lowest BCUT2D eigenvalue weighted by atomic mass is 9.95. The molecule has 0 atom stereocenters. The largest absolute Gasteiger partial charge is 0.416 e. The fourth-order valence-electron chi connectivity index (χ4n) is 1.84. The van der Waals surface area contributed by atoms with Gasteiger partial charge in [-0.2, -0.15) is 13.2 Å². The molecule has 0 aliphatic rings. The molecule has 0 aliphatic heterocycles. The SMILES string of the molecule is CC.CC(C)c1cc2[nH]ccc2cc1C(F)(F)F. The maximum Gasteiger partial charge on any atom is 0.416 e. The van der Waals surface area contributed by atoms with Gasteiger partial charge in [0, 0.05) is 11.7 Å². The van der Waals surface area contributed by atoms with Gasteiger partial charge in [-0.05, 0) is 35.1 Å². The van der Waals surface area contributed by atoms with Crippen LogP contribution in [-0.4, -0.2) is 4.98 Å². The highest BCUT2D eigenvalue weighted by atomic mass is 19.4. The van der Waals surface area contributed by atoms with Crippen LogP contribution in [0.25, 0.3) is 10.9 Å². The Hall–Kier alpha value is -1.45. The van der Waals surface area contributed by atoms with Crippen molar-refractivity contribution in [1.29, 1.82) is 0 Å². The van der Waals surface area contributed by atoms with Gasteiger partial charge in [-0.15, -0.1) is 0 Å². The first-order chi connectivity index (χ1) is 8.39. The van der Waals surface area contributed by atoms with Gasteiger partial charge in [-0.1, -0.05) is 27.7 Å². The predicted molar refractivity (Wildman–Crippen MR) is 68.7 cm³/mol. The van der Waals surface area contributed by atoms with Gasteiger partial charge >= 0.3 is 6.18 Å². The van der Waals surface area contributed by atoms with Crippen LogP contribution in [0, 0.1) is 0 Å². The van der Waals surface area contributed by atoms with Crippen LogP contribution >= 0.6 is 0 Å². The summed E-state index contributed by atoms with van der Waals surface area (Å²) in [5.74, 6) is -0.149. The van der Waals surface area contributed by atoms with Crippen LogP contribution < -0.4 is 0 Å². The lowest BCUT2D eigenvalue weighted by Crippen LogP contribution is -2.10. The molecule has 0 unspecified atom stereocenters. The van der Waals surface area contributed by atoms with E-state index in [2.05, 4.69) is 4.98 Å². The van der Waals surface area contributed by atoms with Gasteiger partial charge in [0.15, 0.2) is 0 Å². The maximum atomic E-state index is 12.8. The number of hydrogen-bond donors (Lipinski definition) is 1. The molecule has 1 N–H and O–H groups in total. The molecule has 4 heteroatoms. The van der Waals surface area contributed by atoms with E-state index in [1.54, 1.807) is 32.2 Å². The van der Waals surface area contributed by atoms with Crippen molar-refractivity contribution in [2.24, 2.45) is 0 Å².